The van der Waals surface area contributed by atoms with Crippen LogP contribution >= 0.6 is 0 Å². The minimum absolute atomic E-state index is 0.346. The molecule has 0 amide bonds. The van der Waals surface area contributed by atoms with Crippen LogP contribution in [0.25, 0.3) is 100 Å². The van der Waals surface area contributed by atoms with E-state index < -0.39 is 0 Å². The molecule has 0 aliphatic heterocycles. The van der Waals surface area contributed by atoms with Crippen LogP contribution in [0.5, 0.6) is 0 Å². The zero-order valence-corrected chi connectivity index (χ0v) is 32.9. The van der Waals surface area contributed by atoms with Crippen molar-refractivity contribution in [1.82, 2.24) is 19.9 Å². The lowest BCUT2D eigenvalue weighted by atomic mass is 9.95. The number of aromatic nitrogens is 4. The summed E-state index contributed by atoms with van der Waals surface area (Å²) in [6.45, 7) is 4.49. The molecule has 0 spiro atoms. The molecule has 10 aromatic rings. The van der Waals surface area contributed by atoms with Crippen LogP contribution < -0.4 is 0 Å². The molecule has 0 unspecified atom stereocenters. The van der Waals surface area contributed by atoms with Crippen molar-refractivity contribution in [2.45, 2.75) is 19.8 Å². The van der Waals surface area contributed by atoms with Gasteiger partial charge >= 0.3 is 0 Å². The highest BCUT2D eigenvalue weighted by Crippen LogP contribution is 2.35. The second-order valence-corrected chi connectivity index (χ2v) is 15.3. The van der Waals surface area contributed by atoms with Crippen LogP contribution in [0.4, 0.5) is 0 Å². The molecule has 0 bridgehead atoms. The van der Waals surface area contributed by atoms with Gasteiger partial charge in [0, 0.05) is 38.6 Å². The van der Waals surface area contributed by atoms with Crippen molar-refractivity contribution in [3.8, 4) is 78.7 Å². The van der Waals surface area contributed by atoms with E-state index in [-0.39, 0.29) is 0 Å². The van der Waals surface area contributed by atoms with Crippen molar-refractivity contribution in [3.05, 3.63) is 206 Å². The molecular weight excluding hydrogens is 717 g/mol. The van der Waals surface area contributed by atoms with Gasteiger partial charge in [-0.05, 0) is 51.9 Å². The fourth-order valence-electron chi connectivity index (χ4n) is 7.88. The van der Waals surface area contributed by atoms with Crippen molar-refractivity contribution < 1.29 is 0 Å². The van der Waals surface area contributed by atoms with E-state index in [1.807, 2.05) is 30.3 Å². The minimum atomic E-state index is 0.346. The van der Waals surface area contributed by atoms with Crippen molar-refractivity contribution in [1.29, 1.82) is 0 Å². The Bertz CT molecular complexity index is 3070. The summed E-state index contributed by atoms with van der Waals surface area (Å²) in [7, 11) is 0. The smallest absolute Gasteiger partial charge is 0.160 e. The highest BCUT2D eigenvalue weighted by atomic mass is 14.9. The summed E-state index contributed by atoms with van der Waals surface area (Å²) in [4.78, 5) is 20.6. The standard InChI is InChI=1S/C55H40N4/c1-36(2)48-34-50(41-14-8-4-9-15-41)57-54-47(48)32-30-45-31-33-49(56-53(45)54)43-24-18-39(19-25-43)40-22-28-46(29-23-40)55-58-51(42-16-10-5-11-17-42)35-52(59-55)44-26-20-38(21-27-44)37-12-6-3-7-13-37/h3-36H,1-2H3. The number of pyridine rings is 2. The summed E-state index contributed by atoms with van der Waals surface area (Å²) in [6.07, 6.45) is 0. The minimum Gasteiger partial charge on any atom is -0.245 e. The van der Waals surface area contributed by atoms with Crippen LogP contribution in [0.15, 0.2) is 200 Å². The first-order valence-corrected chi connectivity index (χ1v) is 20.2. The Labute approximate surface area is 344 Å². The summed E-state index contributed by atoms with van der Waals surface area (Å²) < 4.78 is 0. The second kappa shape index (κ2) is 15.4. The van der Waals surface area contributed by atoms with Gasteiger partial charge in [-0.3, -0.25) is 0 Å². The molecule has 0 radical (unpaired) electrons. The molecule has 0 saturated carbocycles. The monoisotopic (exact) mass is 756 g/mol. The second-order valence-electron chi connectivity index (χ2n) is 15.3. The normalized spacial score (nSPS) is 11.4. The predicted octanol–water partition coefficient (Wildman–Crippen LogP) is 14.4. The van der Waals surface area contributed by atoms with Crippen molar-refractivity contribution in [2.75, 3.05) is 0 Å². The topological polar surface area (TPSA) is 51.6 Å². The molecule has 59 heavy (non-hydrogen) atoms. The molecular formula is C55H40N4. The first-order valence-electron chi connectivity index (χ1n) is 20.2. The van der Waals surface area contributed by atoms with Gasteiger partial charge < -0.3 is 0 Å². The Hall–Kier alpha value is -7.56. The van der Waals surface area contributed by atoms with Crippen molar-refractivity contribution in [2.24, 2.45) is 0 Å². The van der Waals surface area contributed by atoms with Gasteiger partial charge in [0.1, 0.15) is 0 Å². The largest absolute Gasteiger partial charge is 0.245 e. The third kappa shape index (κ3) is 7.17. The number of benzene rings is 7. The zero-order chi connectivity index (χ0) is 39.7. The summed E-state index contributed by atoms with van der Waals surface area (Å²) >= 11 is 0. The fourth-order valence-corrected chi connectivity index (χ4v) is 7.88. The number of rotatable bonds is 8. The lowest BCUT2D eigenvalue weighted by Crippen LogP contribution is -1.97. The van der Waals surface area contributed by atoms with Gasteiger partial charge in [-0.15, -0.1) is 0 Å². The summed E-state index contributed by atoms with van der Waals surface area (Å²) in [6, 6.07) is 70.0. The molecule has 280 valence electrons. The van der Waals surface area contributed by atoms with Crippen molar-refractivity contribution >= 4 is 21.8 Å². The number of nitrogens with zero attached hydrogens (tertiary/aromatic N) is 4. The Morgan fingerprint density at radius 3 is 1.22 bits per heavy atom. The predicted molar refractivity (Wildman–Crippen MR) is 245 cm³/mol. The lowest BCUT2D eigenvalue weighted by Gasteiger charge is -2.14. The maximum absolute atomic E-state index is 5.26. The molecule has 0 fully saturated rings. The van der Waals surface area contributed by atoms with E-state index in [4.69, 9.17) is 19.9 Å². The molecule has 10 rings (SSSR count). The molecule has 3 aromatic heterocycles. The first-order chi connectivity index (χ1) is 29.0. The molecule has 0 saturated heterocycles. The van der Waals surface area contributed by atoms with E-state index in [9.17, 15) is 0 Å². The van der Waals surface area contributed by atoms with Gasteiger partial charge in [0.05, 0.1) is 33.8 Å². The Kier molecular flexibility index (Phi) is 9.36. The van der Waals surface area contributed by atoms with Crippen LogP contribution in [-0.2, 0) is 0 Å². The van der Waals surface area contributed by atoms with Gasteiger partial charge in [-0.2, -0.15) is 0 Å². The van der Waals surface area contributed by atoms with Crippen LogP contribution in [0.1, 0.15) is 25.3 Å². The average Bonchev–Trinajstić information content (AvgIpc) is 3.32. The van der Waals surface area contributed by atoms with E-state index in [1.165, 1.54) is 16.7 Å². The van der Waals surface area contributed by atoms with Crippen LogP contribution in [-0.4, -0.2) is 19.9 Å². The molecule has 4 nitrogen and oxygen atoms in total. The molecule has 7 aromatic carbocycles. The number of hydrogen-bond donors (Lipinski definition) is 0. The maximum atomic E-state index is 5.26. The van der Waals surface area contributed by atoms with E-state index in [0.29, 0.717) is 11.7 Å². The Morgan fingerprint density at radius 1 is 0.305 bits per heavy atom. The lowest BCUT2D eigenvalue weighted by molar-refractivity contribution is 0.875. The maximum Gasteiger partial charge on any atom is 0.160 e. The van der Waals surface area contributed by atoms with Crippen LogP contribution in [0.3, 0.4) is 0 Å². The molecule has 4 heteroatoms. The van der Waals surface area contributed by atoms with E-state index in [0.717, 1.165) is 83.5 Å². The SMILES string of the molecule is CC(C)c1cc(-c2ccccc2)nc2c1ccc1ccc(-c3ccc(-c4ccc(-c5nc(-c6ccccc6)cc(-c6ccc(-c7ccccc7)cc6)n5)cc4)cc3)nc12. The molecule has 3 heterocycles. The van der Waals surface area contributed by atoms with Gasteiger partial charge in [0.2, 0.25) is 0 Å². The van der Waals surface area contributed by atoms with Gasteiger partial charge in [-0.1, -0.05) is 196 Å². The van der Waals surface area contributed by atoms with Crippen LogP contribution in [0.2, 0.25) is 0 Å². The number of fused-ring (bicyclic) bond motifs is 3. The van der Waals surface area contributed by atoms with E-state index >= 15 is 0 Å². The summed E-state index contributed by atoms with van der Waals surface area (Å²) in [5.74, 6) is 1.04. The first kappa shape index (κ1) is 35.8. The van der Waals surface area contributed by atoms with Gasteiger partial charge in [-0.25, -0.2) is 19.9 Å². The third-order valence-corrected chi connectivity index (χ3v) is 11.1. The third-order valence-electron chi connectivity index (χ3n) is 11.1. The summed E-state index contributed by atoms with van der Waals surface area (Å²) in [5, 5.41) is 2.23. The molecule has 0 aliphatic carbocycles. The fraction of sp³-hybridized carbons (Fsp3) is 0.0545. The zero-order valence-electron chi connectivity index (χ0n) is 32.9. The van der Waals surface area contributed by atoms with Gasteiger partial charge in [0.25, 0.3) is 0 Å². The average molecular weight is 757 g/mol. The molecule has 0 N–H and O–H groups in total. The van der Waals surface area contributed by atoms with Crippen LogP contribution in [0, 0.1) is 0 Å². The van der Waals surface area contributed by atoms with Gasteiger partial charge in [0.15, 0.2) is 5.82 Å². The molecule has 0 atom stereocenters. The van der Waals surface area contributed by atoms with E-state index in [1.54, 1.807) is 0 Å². The Balaban J connectivity index is 0.958. The van der Waals surface area contributed by atoms with E-state index in [2.05, 4.69) is 184 Å². The van der Waals surface area contributed by atoms with Crippen molar-refractivity contribution in [3.63, 3.8) is 0 Å². The quantitative estimate of drug-likeness (QED) is 0.145. The summed E-state index contributed by atoms with van der Waals surface area (Å²) in [5.41, 5.74) is 16.6. The highest BCUT2D eigenvalue weighted by molar-refractivity contribution is 6.05. The molecule has 0 aliphatic rings. The highest BCUT2D eigenvalue weighted by Gasteiger charge is 2.16. The number of hydrogen-bond acceptors (Lipinski definition) is 4. The Morgan fingerprint density at radius 2 is 0.695 bits per heavy atom.